The van der Waals surface area contributed by atoms with E-state index in [1.165, 1.54) is 19.2 Å². The molecule has 104 valence electrons. The topological polar surface area (TPSA) is 75.6 Å². The highest BCUT2D eigenvalue weighted by atomic mass is 16.5. The van der Waals surface area contributed by atoms with Gasteiger partial charge in [-0.25, -0.2) is 4.79 Å². The summed E-state index contributed by atoms with van der Waals surface area (Å²) < 4.78 is 4.97. The second-order valence-corrected chi connectivity index (χ2v) is 5.50. The van der Waals surface area contributed by atoms with E-state index >= 15 is 0 Å². The van der Waals surface area contributed by atoms with E-state index in [1.54, 1.807) is 6.07 Å². The number of carbonyl (C=O) groups is 2. The second kappa shape index (κ2) is 5.73. The number of aromatic carboxylic acids is 1. The van der Waals surface area contributed by atoms with Crippen molar-refractivity contribution in [2.45, 2.75) is 27.2 Å². The first kappa shape index (κ1) is 15.0. The quantitative estimate of drug-likeness (QED) is 0.877. The molecular formula is C14H19NO4. The Morgan fingerprint density at radius 1 is 1.32 bits per heavy atom. The molecule has 1 rings (SSSR count). The largest absolute Gasteiger partial charge is 0.497 e. The van der Waals surface area contributed by atoms with Crippen LogP contribution in [0, 0.1) is 5.41 Å². The molecule has 0 saturated heterocycles. The van der Waals surface area contributed by atoms with Crippen LogP contribution in [0.4, 0.5) is 5.69 Å². The van der Waals surface area contributed by atoms with Crippen molar-refractivity contribution in [3.8, 4) is 5.75 Å². The molecule has 19 heavy (non-hydrogen) atoms. The number of anilines is 1. The van der Waals surface area contributed by atoms with Crippen molar-refractivity contribution in [1.29, 1.82) is 0 Å². The van der Waals surface area contributed by atoms with Crippen LogP contribution in [-0.2, 0) is 4.79 Å². The summed E-state index contributed by atoms with van der Waals surface area (Å²) in [5, 5.41) is 11.7. The van der Waals surface area contributed by atoms with Crippen LogP contribution in [-0.4, -0.2) is 24.1 Å². The Bertz CT molecular complexity index is 489. The number of benzene rings is 1. The summed E-state index contributed by atoms with van der Waals surface area (Å²) in [6.45, 7) is 5.83. The molecule has 1 aromatic carbocycles. The van der Waals surface area contributed by atoms with Gasteiger partial charge in [-0.3, -0.25) is 4.79 Å². The molecule has 2 N–H and O–H groups in total. The molecule has 0 aliphatic heterocycles. The Kier molecular flexibility index (Phi) is 4.53. The first-order chi connectivity index (χ1) is 8.73. The molecule has 5 heteroatoms. The highest BCUT2D eigenvalue weighted by Gasteiger charge is 2.18. The average molecular weight is 265 g/mol. The number of carboxylic acid groups (broad SMARTS) is 1. The van der Waals surface area contributed by atoms with Gasteiger partial charge in [0.05, 0.1) is 18.4 Å². The number of methoxy groups -OCH3 is 1. The van der Waals surface area contributed by atoms with Gasteiger partial charge in [-0.15, -0.1) is 0 Å². The average Bonchev–Trinajstić information content (AvgIpc) is 2.26. The summed E-state index contributed by atoms with van der Waals surface area (Å²) in [5.41, 5.74) is 0.143. The Balaban J connectivity index is 2.95. The molecule has 0 aliphatic carbocycles. The van der Waals surface area contributed by atoms with Gasteiger partial charge in [0, 0.05) is 6.42 Å². The van der Waals surface area contributed by atoms with E-state index in [0.717, 1.165) is 0 Å². The molecule has 0 fully saturated rings. The molecular weight excluding hydrogens is 246 g/mol. The molecule has 0 spiro atoms. The summed E-state index contributed by atoms with van der Waals surface area (Å²) in [6.07, 6.45) is 0.318. The lowest BCUT2D eigenvalue weighted by Gasteiger charge is -2.18. The van der Waals surface area contributed by atoms with Crippen LogP contribution in [0.25, 0.3) is 0 Å². The van der Waals surface area contributed by atoms with Gasteiger partial charge < -0.3 is 15.2 Å². The first-order valence-corrected chi connectivity index (χ1v) is 5.94. The van der Waals surface area contributed by atoms with Gasteiger partial charge in [-0.2, -0.15) is 0 Å². The van der Waals surface area contributed by atoms with Gasteiger partial charge in [0.15, 0.2) is 0 Å². The SMILES string of the molecule is COc1ccc(NC(=O)CC(C)(C)C)c(C(=O)O)c1. The fourth-order valence-corrected chi connectivity index (χ4v) is 1.61. The van der Waals surface area contributed by atoms with Crippen molar-refractivity contribution in [3.63, 3.8) is 0 Å². The molecule has 0 aromatic heterocycles. The number of carboxylic acids is 1. The first-order valence-electron chi connectivity index (χ1n) is 5.94. The number of carbonyl (C=O) groups excluding carboxylic acids is 1. The zero-order valence-electron chi connectivity index (χ0n) is 11.6. The van der Waals surface area contributed by atoms with E-state index in [1.807, 2.05) is 20.8 Å². The van der Waals surface area contributed by atoms with Crippen molar-refractivity contribution < 1.29 is 19.4 Å². The van der Waals surface area contributed by atoms with Crippen LogP contribution >= 0.6 is 0 Å². The van der Waals surface area contributed by atoms with E-state index in [4.69, 9.17) is 9.84 Å². The fraction of sp³-hybridized carbons (Fsp3) is 0.429. The van der Waals surface area contributed by atoms with Crippen molar-refractivity contribution in [2.24, 2.45) is 5.41 Å². The van der Waals surface area contributed by atoms with Gasteiger partial charge in [-0.1, -0.05) is 20.8 Å². The molecule has 0 saturated carbocycles. The Morgan fingerprint density at radius 3 is 2.42 bits per heavy atom. The molecule has 0 bridgehead atoms. The maximum Gasteiger partial charge on any atom is 0.337 e. The minimum absolute atomic E-state index is 0.0154. The number of hydrogen-bond acceptors (Lipinski definition) is 3. The lowest BCUT2D eigenvalue weighted by molar-refractivity contribution is -0.117. The maximum absolute atomic E-state index is 11.8. The Hall–Kier alpha value is -2.04. The van der Waals surface area contributed by atoms with Crippen molar-refractivity contribution >= 4 is 17.6 Å². The lowest BCUT2D eigenvalue weighted by atomic mass is 9.92. The molecule has 0 atom stereocenters. The molecule has 0 heterocycles. The van der Waals surface area contributed by atoms with Gasteiger partial charge in [0.2, 0.25) is 5.91 Å². The van der Waals surface area contributed by atoms with Gasteiger partial charge in [0.1, 0.15) is 5.75 Å². The molecule has 1 aromatic rings. The smallest absolute Gasteiger partial charge is 0.337 e. The molecule has 5 nitrogen and oxygen atoms in total. The number of rotatable bonds is 4. The predicted octanol–water partition coefficient (Wildman–Crippen LogP) is 2.77. The number of amides is 1. The highest BCUT2D eigenvalue weighted by molar-refractivity contribution is 6.01. The normalized spacial score (nSPS) is 10.9. The van der Waals surface area contributed by atoms with E-state index in [2.05, 4.69) is 5.32 Å². The highest BCUT2D eigenvalue weighted by Crippen LogP contribution is 2.24. The third-order valence-electron chi connectivity index (χ3n) is 2.42. The van der Waals surface area contributed by atoms with Gasteiger partial charge in [-0.05, 0) is 23.6 Å². The van der Waals surface area contributed by atoms with Crippen LogP contribution in [0.2, 0.25) is 0 Å². The van der Waals surface area contributed by atoms with Crippen molar-refractivity contribution in [2.75, 3.05) is 12.4 Å². The molecule has 0 aliphatic rings. The number of nitrogens with one attached hydrogen (secondary N) is 1. The Labute approximate surface area is 112 Å². The van der Waals surface area contributed by atoms with E-state index < -0.39 is 5.97 Å². The minimum Gasteiger partial charge on any atom is -0.497 e. The third-order valence-corrected chi connectivity index (χ3v) is 2.42. The van der Waals surface area contributed by atoms with Crippen LogP contribution in [0.15, 0.2) is 18.2 Å². The zero-order chi connectivity index (χ0) is 14.6. The maximum atomic E-state index is 11.8. The molecule has 1 amide bonds. The fourth-order valence-electron chi connectivity index (χ4n) is 1.61. The summed E-state index contributed by atoms with van der Waals surface area (Å²) in [6, 6.07) is 4.52. The van der Waals surface area contributed by atoms with E-state index in [0.29, 0.717) is 12.2 Å². The Morgan fingerprint density at radius 2 is 1.95 bits per heavy atom. The van der Waals surface area contributed by atoms with Crippen LogP contribution in [0.1, 0.15) is 37.6 Å². The summed E-state index contributed by atoms with van der Waals surface area (Å²) in [7, 11) is 1.46. The molecule has 0 unspecified atom stereocenters. The number of hydrogen-bond donors (Lipinski definition) is 2. The zero-order valence-corrected chi connectivity index (χ0v) is 11.6. The van der Waals surface area contributed by atoms with Gasteiger partial charge in [0.25, 0.3) is 0 Å². The third kappa shape index (κ3) is 4.62. The summed E-state index contributed by atoms with van der Waals surface area (Å²) in [5.74, 6) is -0.878. The second-order valence-electron chi connectivity index (χ2n) is 5.50. The van der Waals surface area contributed by atoms with Gasteiger partial charge >= 0.3 is 5.97 Å². The van der Waals surface area contributed by atoms with E-state index in [-0.39, 0.29) is 22.6 Å². The van der Waals surface area contributed by atoms with Crippen LogP contribution in [0.5, 0.6) is 5.75 Å². The van der Waals surface area contributed by atoms with E-state index in [9.17, 15) is 9.59 Å². The van der Waals surface area contributed by atoms with Crippen LogP contribution in [0.3, 0.4) is 0 Å². The van der Waals surface area contributed by atoms with Crippen molar-refractivity contribution in [1.82, 2.24) is 0 Å². The standard InChI is InChI=1S/C14H19NO4/c1-14(2,3)8-12(16)15-11-6-5-9(19-4)7-10(11)13(17)18/h5-7H,8H2,1-4H3,(H,15,16)(H,17,18). The summed E-state index contributed by atoms with van der Waals surface area (Å²) >= 11 is 0. The minimum atomic E-state index is -1.11. The predicted molar refractivity (Wildman–Crippen MR) is 72.7 cm³/mol. The molecule has 0 radical (unpaired) electrons. The van der Waals surface area contributed by atoms with Crippen molar-refractivity contribution in [3.05, 3.63) is 23.8 Å². The lowest BCUT2D eigenvalue weighted by Crippen LogP contribution is -2.20. The number of ether oxygens (including phenoxy) is 1. The summed E-state index contributed by atoms with van der Waals surface area (Å²) in [4.78, 5) is 23.0. The van der Waals surface area contributed by atoms with Crippen LogP contribution < -0.4 is 10.1 Å². The monoisotopic (exact) mass is 265 g/mol.